The molecule has 7 heteroatoms. The van der Waals surface area contributed by atoms with E-state index in [4.69, 9.17) is 4.74 Å². The van der Waals surface area contributed by atoms with E-state index in [1.807, 2.05) is 31.3 Å². The lowest BCUT2D eigenvalue weighted by Crippen LogP contribution is -2.45. The lowest BCUT2D eigenvalue weighted by Gasteiger charge is -2.36. The van der Waals surface area contributed by atoms with Gasteiger partial charge in [0, 0.05) is 30.7 Å². The van der Waals surface area contributed by atoms with Crippen LogP contribution < -0.4 is 11.2 Å². The lowest BCUT2D eigenvalue weighted by atomic mass is 9.71. The average Bonchev–Trinajstić information content (AvgIpc) is 3.21. The Bertz CT molecular complexity index is 1570. The molecular weight excluding hydrogens is 454 g/mol. The molecule has 0 bridgehead atoms. The summed E-state index contributed by atoms with van der Waals surface area (Å²) in [6.07, 6.45) is 6.91. The van der Waals surface area contributed by atoms with Crippen molar-refractivity contribution in [2.75, 3.05) is 7.11 Å². The van der Waals surface area contributed by atoms with Crippen LogP contribution in [0.4, 0.5) is 0 Å². The van der Waals surface area contributed by atoms with Gasteiger partial charge in [-0.15, -0.1) is 0 Å². The number of esters is 1. The number of carbonyl (C=O) groups excluding carboxylic acids is 1. The summed E-state index contributed by atoms with van der Waals surface area (Å²) in [6, 6.07) is 13.5. The molecule has 0 saturated heterocycles. The molecular formula is C29H33N3O4. The fourth-order valence-corrected chi connectivity index (χ4v) is 6.09. The minimum Gasteiger partial charge on any atom is -0.469 e. The molecule has 2 aromatic heterocycles. The molecule has 1 saturated carbocycles. The highest BCUT2D eigenvalue weighted by Crippen LogP contribution is 2.40. The van der Waals surface area contributed by atoms with E-state index in [0.717, 1.165) is 54.1 Å². The third-order valence-corrected chi connectivity index (χ3v) is 7.92. The van der Waals surface area contributed by atoms with Crippen LogP contribution in [0.3, 0.4) is 0 Å². The summed E-state index contributed by atoms with van der Waals surface area (Å²) in [4.78, 5) is 40.0. The molecule has 0 amide bonds. The molecule has 0 atom stereocenters. The van der Waals surface area contributed by atoms with E-state index in [2.05, 4.69) is 29.8 Å². The van der Waals surface area contributed by atoms with E-state index >= 15 is 0 Å². The number of rotatable bonds is 6. The third-order valence-electron chi connectivity index (χ3n) is 7.92. The number of methoxy groups -OCH3 is 1. The Labute approximate surface area is 209 Å². The minimum atomic E-state index is -0.454. The Morgan fingerprint density at radius 2 is 1.69 bits per heavy atom. The highest BCUT2D eigenvalue weighted by atomic mass is 16.5. The van der Waals surface area contributed by atoms with E-state index in [1.54, 1.807) is 10.6 Å². The Balaban J connectivity index is 1.68. The van der Waals surface area contributed by atoms with Crippen molar-refractivity contribution in [1.82, 2.24) is 13.7 Å². The van der Waals surface area contributed by atoms with Crippen LogP contribution in [0.1, 0.15) is 49.7 Å². The van der Waals surface area contributed by atoms with Gasteiger partial charge in [-0.1, -0.05) is 43.5 Å². The van der Waals surface area contributed by atoms with Crippen molar-refractivity contribution in [2.45, 2.75) is 58.5 Å². The van der Waals surface area contributed by atoms with Crippen molar-refractivity contribution in [3.63, 3.8) is 0 Å². The summed E-state index contributed by atoms with van der Waals surface area (Å²) in [7, 11) is 3.40. The fourth-order valence-electron chi connectivity index (χ4n) is 6.09. The van der Waals surface area contributed by atoms with Gasteiger partial charge >= 0.3 is 11.7 Å². The number of hydrogen-bond acceptors (Lipinski definition) is 4. The number of hydrogen-bond donors (Lipinski definition) is 0. The maximum absolute atomic E-state index is 14.0. The first-order valence-electron chi connectivity index (χ1n) is 12.7. The van der Waals surface area contributed by atoms with E-state index in [1.165, 1.54) is 11.7 Å². The summed E-state index contributed by atoms with van der Waals surface area (Å²) < 4.78 is 10.2. The van der Waals surface area contributed by atoms with E-state index in [9.17, 15) is 14.4 Å². The molecule has 2 heterocycles. The van der Waals surface area contributed by atoms with Crippen molar-refractivity contribution >= 4 is 27.8 Å². The van der Waals surface area contributed by atoms with Gasteiger partial charge in [0.25, 0.3) is 5.56 Å². The number of aryl methyl sites for hydroxylation is 2. The number of nitrogens with zero attached hydrogens (tertiary/aromatic N) is 3. The zero-order valence-corrected chi connectivity index (χ0v) is 21.3. The molecule has 7 nitrogen and oxygen atoms in total. The van der Waals surface area contributed by atoms with Gasteiger partial charge in [0.05, 0.1) is 31.0 Å². The second-order valence-corrected chi connectivity index (χ2v) is 10.3. The first-order chi connectivity index (χ1) is 17.3. The zero-order valence-electron chi connectivity index (χ0n) is 21.3. The van der Waals surface area contributed by atoms with E-state index in [-0.39, 0.29) is 30.2 Å². The van der Waals surface area contributed by atoms with E-state index in [0.29, 0.717) is 17.4 Å². The highest BCUT2D eigenvalue weighted by molar-refractivity contribution is 5.87. The zero-order chi connectivity index (χ0) is 25.4. The summed E-state index contributed by atoms with van der Waals surface area (Å²) in [5.41, 5.74) is 2.83. The lowest BCUT2D eigenvalue weighted by molar-refractivity contribution is -0.144. The molecule has 4 aromatic rings. The second kappa shape index (κ2) is 9.45. The molecule has 2 aromatic carbocycles. The SMILES string of the molecule is COC(=O)CC1(Cn2c(=O)c3ccccc3n(Cc3cn(C)c4cccc(C)c34)c2=O)CCCCC1. The number of carbonyl (C=O) groups is 1. The number of fused-ring (bicyclic) bond motifs is 2. The molecule has 1 aliphatic rings. The predicted molar refractivity (Wildman–Crippen MR) is 141 cm³/mol. The summed E-state index contributed by atoms with van der Waals surface area (Å²) in [5.74, 6) is -0.294. The van der Waals surface area contributed by atoms with Gasteiger partial charge in [-0.05, 0) is 54.5 Å². The molecule has 188 valence electrons. The topological polar surface area (TPSA) is 75.2 Å². The number of para-hydroxylation sites is 1. The largest absolute Gasteiger partial charge is 0.469 e. The van der Waals surface area contributed by atoms with Crippen LogP contribution in [0.25, 0.3) is 21.8 Å². The number of aromatic nitrogens is 3. The molecule has 0 radical (unpaired) electrons. The van der Waals surface area contributed by atoms with Crippen molar-refractivity contribution in [2.24, 2.45) is 12.5 Å². The first-order valence-corrected chi connectivity index (χ1v) is 12.7. The van der Waals surface area contributed by atoms with Crippen LogP contribution in [-0.2, 0) is 29.7 Å². The van der Waals surface area contributed by atoms with Crippen molar-refractivity contribution in [3.05, 3.63) is 80.6 Å². The molecule has 0 spiro atoms. The predicted octanol–water partition coefficient (Wildman–Crippen LogP) is 4.53. The van der Waals surface area contributed by atoms with Crippen molar-refractivity contribution in [3.8, 4) is 0 Å². The van der Waals surface area contributed by atoms with Gasteiger partial charge in [-0.25, -0.2) is 4.79 Å². The van der Waals surface area contributed by atoms with Crippen LogP contribution in [0.2, 0.25) is 0 Å². The minimum absolute atomic E-state index is 0.213. The smallest absolute Gasteiger partial charge is 0.331 e. The molecule has 0 aliphatic heterocycles. The van der Waals surface area contributed by atoms with Crippen LogP contribution in [0.5, 0.6) is 0 Å². The molecule has 36 heavy (non-hydrogen) atoms. The van der Waals surface area contributed by atoms with Crippen molar-refractivity contribution in [1.29, 1.82) is 0 Å². The normalized spacial score (nSPS) is 15.4. The quantitative estimate of drug-likeness (QED) is 0.375. The Morgan fingerprint density at radius 3 is 2.44 bits per heavy atom. The summed E-state index contributed by atoms with van der Waals surface area (Å²) in [5, 5.41) is 1.64. The standard InChI is InChI=1S/C29H33N3O4/c1-20-10-9-13-24-26(20)21(17-30(24)2)18-31-23-12-6-5-11-22(23)27(34)32(28(31)35)19-29(16-25(33)36-3)14-7-4-8-15-29/h5-6,9-13,17H,4,7-8,14-16,18-19H2,1-3H3. The van der Waals surface area contributed by atoms with Crippen LogP contribution in [0.15, 0.2) is 58.3 Å². The molecule has 0 N–H and O–H groups in total. The number of ether oxygens (including phenoxy) is 1. The summed E-state index contributed by atoms with van der Waals surface area (Å²) in [6.45, 7) is 2.65. The van der Waals surface area contributed by atoms with Gasteiger partial charge in [-0.2, -0.15) is 0 Å². The van der Waals surface area contributed by atoms with Crippen LogP contribution in [-0.4, -0.2) is 26.8 Å². The fraction of sp³-hybridized carbons (Fsp3) is 0.414. The highest BCUT2D eigenvalue weighted by Gasteiger charge is 2.36. The van der Waals surface area contributed by atoms with E-state index < -0.39 is 5.41 Å². The second-order valence-electron chi connectivity index (χ2n) is 10.3. The van der Waals surface area contributed by atoms with Gasteiger partial charge in [-0.3, -0.25) is 18.7 Å². The van der Waals surface area contributed by atoms with Gasteiger partial charge in [0.1, 0.15) is 0 Å². The van der Waals surface area contributed by atoms with Crippen LogP contribution in [0, 0.1) is 12.3 Å². The Kier molecular flexibility index (Phi) is 6.33. The maximum atomic E-state index is 14.0. The number of benzene rings is 2. The summed E-state index contributed by atoms with van der Waals surface area (Å²) >= 11 is 0. The molecule has 5 rings (SSSR count). The third kappa shape index (κ3) is 4.16. The van der Waals surface area contributed by atoms with Crippen LogP contribution >= 0.6 is 0 Å². The monoisotopic (exact) mass is 487 g/mol. The molecule has 0 unspecified atom stereocenters. The Hall–Kier alpha value is -3.61. The molecule has 1 fully saturated rings. The average molecular weight is 488 g/mol. The maximum Gasteiger partial charge on any atom is 0.331 e. The Morgan fingerprint density at radius 1 is 0.972 bits per heavy atom. The van der Waals surface area contributed by atoms with Gasteiger partial charge in [0.2, 0.25) is 0 Å². The van der Waals surface area contributed by atoms with Crippen molar-refractivity contribution < 1.29 is 9.53 Å². The first kappa shape index (κ1) is 24.1. The molecule has 1 aliphatic carbocycles. The van der Waals surface area contributed by atoms with Gasteiger partial charge < -0.3 is 9.30 Å². The van der Waals surface area contributed by atoms with Gasteiger partial charge in [0.15, 0.2) is 0 Å².